The van der Waals surface area contributed by atoms with E-state index in [0.29, 0.717) is 5.02 Å². The molecule has 10 heteroatoms. The summed E-state index contributed by atoms with van der Waals surface area (Å²) in [6.45, 7) is 3.12. The number of rotatable bonds is 7. The number of likely N-dealkylation sites (N-methyl/N-ethyl adjacent to an activating group) is 1. The van der Waals surface area contributed by atoms with Crippen LogP contribution in [0.5, 0.6) is 5.75 Å². The van der Waals surface area contributed by atoms with Gasteiger partial charge in [-0.2, -0.15) is 0 Å². The molecule has 0 unspecified atom stereocenters. The van der Waals surface area contributed by atoms with Crippen LogP contribution in [0.15, 0.2) is 41.3 Å². The van der Waals surface area contributed by atoms with Crippen LogP contribution in [0.25, 0.3) is 0 Å². The highest BCUT2D eigenvalue weighted by Crippen LogP contribution is 2.39. The van der Waals surface area contributed by atoms with Crippen molar-refractivity contribution in [3.05, 3.63) is 51.5 Å². The predicted octanol–water partition coefficient (Wildman–Crippen LogP) is 4.38. The summed E-state index contributed by atoms with van der Waals surface area (Å²) >= 11 is 18.3. The molecule has 0 spiro atoms. The number of hydrogen-bond acceptors (Lipinski definition) is 4. The lowest BCUT2D eigenvalue weighted by molar-refractivity contribution is -0.119. The first kappa shape index (κ1) is 22.6. The lowest BCUT2D eigenvalue weighted by Crippen LogP contribution is -2.40. The molecule has 0 atom stereocenters. The Morgan fingerprint density at radius 2 is 1.71 bits per heavy atom. The molecule has 0 aromatic heterocycles. The van der Waals surface area contributed by atoms with Gasteiger partial charge in [0.1, 0.15) is 12.3 Å². The lowest BCUT2D eigenvalue weighted by atomic mass is 10.3. The van der Waals surface area contributed by atoms with Gasteiger partial charge in [-0.15, -0.1) is 0 Å². The van der Waals surface area contributed by atoms with Crippen LogP contribution in [0.3, 0.4) is 0 Å². The van der Waals surface area contributed by atoms with Gasteiger partial charge in [-0.3, -0.25) is 9.10 Å². The van der Waals surface area contributed by atoms with Crippen molar-refractivity contribution in [3.63, 3.8) is 0 Å². The summed E-state index contributed by atoms with van der Waals surface area (Å²) in [4.78, 5) is 12.0. The van der Waals surface area contributed by atoms with Crippen LogP contribution in [0.1, 0.15) is 13.8 Å². The Morgan fingerprint density at radius 1 is 1.11 bits per heavy atom. The predicted molar refractivity (Wildman–Crippen MR) is 112 cm³/mol. The van der Waals surface area contributed by atoms with Crippen molar-refractivity contribution in [3.8, 4) is 5.75 Å². The zero-order valence-electron chi connectivity index (χ0n) is 15.4. The number of anilines is 1. The molecule has 0 saturated heterocycles. The van der Waals surface area contributed by atoms with Gasteiger partial charge in [-0.05, 0) is 44.2 Å². The smallest absolute Gasteiger partial charge is 0.264 e. The molecule has 1 amide bonds. The van der Waals surface area contributed by atoms with Gasteiger partial charge < -0.3 is 10.1 Å². The highest BCUT2D eigenvalue weighted by Gasteiger charge is 2.29. The molecule has 0 aliphatic rings. The van der Waals surface area contributed by atoms with E-state index >= 15 is 0 Å². The van der Waals surface area contributed by atoms with Crippen molar-refractivity contribution in [2.24, 2.45) is 0 Å². The summed E-state index contributed by atoms with van der Waals surface area (Å²) < 4.78 is 33.0. The molecular formula is C18H19Cl3N2O4S. The second-order valence-electron chi connectivity index (χ2n) is 6.04. The maximum atomic E-state index is 13.2. The van der Waals surface area contributed by atoms with Gasteiger partial charge in [0.15, 0.2) is 0 Å². The van der Waals surface area contributed by atoms with Crippen molar-refractivity contribution in [1.82, 2.24) is 5.32 Å². The third-order valence-corrected chi connectivity index (χ3v) is 6.22. The van der Waals surface area contributed by atoms with Crippen LogP contribution in [-0.4, -0.2) is 34.0 Å². The molecule has 2 aromatic carbocycles. The summed E-state index contributed by atoms with van der Waals surface area (Å²) in [5.74, 6) is -0.265. The number of benzene rings is 2. The molecule has 28 heavy (non-hydrogen) atoms. The van der Waals surface area contributed by atoms with Crippen LogP contribution >= 0.6 is 34.8 Å². The molecule has 0 radical (unpaired) electrons. The van der Waals surface area contributed by atoms with Crippen molar-refractivity contribution in [2.45, 2.75) is 24.8 Å². The number of hydrogen-bond donors (Lipinski definition) is 1. The first-order valence-electron chi connectivity index (χ1n) is 8.21. The normalized spacial score (nSPS) is 11.4. The van der Waals surface area contributed by atoms with E-state index in [0.717, 1.165) is 4.31 Å². The fraction of sp³-hybridized carbons (Fsp3) is 0.278. The van der Waals surface area contributed by atoms with Gasteiger partial charge >= 0.3 is 0 Å². The molecule has 152 valence electrons. The van der Waals surface area contributed by atoms with E-state index in [1.165, 1.54) is 43.4 Å². The molecule has 2 rings (SSSR count). The Balaban J connectivity index is 2.63. The Bertz CT molecular complexity index is 964. The van der Waals surface area contributed by atoms with E-state index in [4.69, 9.17) is 39.5 Å². The largest absolute Gasteiger partial charge is 0.489 e. The highest BCUT2D eigenvalue weighted by molar-refractivity contribution is 7.92. The van der Waals surface area contributed by atoms with Crippen molar-refractivity contribution in [2.75, 3.05) is 17.9 Å². The monoisotopic (exact) mass is 464 g/mol. The number of halogens is 3. The zero-order valence-corrected chi connectivity index (χ0v) is 18.5. The topological polar surface area (TPSA) is 75.7 Å². The van der Waals surface area contributed by atoms with Gasteiger partial charge in [0, 0.05) is 18.1 Å². The first-order valence-corrected chi connectivity index (χ1v) is 10.8. The van der Waals surface area contributed by atoms with Crippen LogP contribution < -0.4 is 14.4 Å². The number of amides is 1. The SMILES string of the molecule is CNC(=O)CN(c1cc(OC(C)C)c(Cl)cc1Cl)S(=O)(=O)c1ccc(Cl)cc1. The van der Waals surface area contributed by atoms with Crippen molar-refractivity contribution < 1.29 is 17.9 Å². The molecule has 0 aliphatic carbocycles. The van der Waals surface area contributed by atoms with Gasteiger partial charge in [0.05, 0.1) is 26.7 Å². The van der Waals surface area contributed by atoms with E-state index in [1.807, 2.05) is 0 Å². The summed E-state index contributed by atoms with van der Waals surface area (Å²) in [7, 11) is -2.72. The van der Waals surface area contributed by atoms with Gasteiger partial charge in [0.2, 0.25) is 5.91 Å². The van der Waals surface area contributed by atoms with E-state index in [9.17, 15) is 13.2 Å². The molecule has 2 aromatic rings. The fourth-order valence-electron chi connectivity index (χ4n) is 2.30. The van der Waals surface area contributed by atoms with E-state index in [-0.39, 0.29) is 32.5 Å². The molecule has 1 N–H and O–H groups in total. The molecule has 0 heterocycles. The second-order valence-corrected chi connectivity index (χ2v) is 9.15. The average molecular weight is 466 g/mol. The minimum absolute atomic E-state index is 0.0434. The van der Waals surface area contributed by atoms with Crippen molar-refractivity contribution in [1.29, 1.82) is 0 Å². The Morgan fingerprint density at radius 3 is 2.25 bits per heavy atom. The zero-order chi connectivity index (χ0) is 21.1. The van der Waals surface area contributed by atoms with E-state index < -0.39 is 22.5 Å². The third-order valence-electron chi connectivity index (χ3n) is 3.60. The highest BCUT2D eigenvalue weighted by atomic mass is 35.5. The number of sulfonamides is 1. The summed E-state index contributed by atoms with van der Waals surface area (Å²) in [5.41, 5.74) is 0.0697. The summed E-state index contributed by atoms with van der Waals surface area (Å²) in [6, 6.07) is 8.38. The van der Waals surface area contributed by atoms with E-state index in [1.54, 1.807) is 13.8 Å². The minimum Gasteiger partial charge on any atom is -0.489 e. The molecule has 0 fully saturated rings. The quantitative estimate of drug-likeness (QED) is 0.658. The molecule has 0 aliphatic heterocycles. The number of nitrogens with zero attached hydrogens (tertiary/aromatic N) is 1. The lowest BCUT2D eigenvalue weighted by Gasteiger charge is -2.26. The van der Waals surface area contributed by atoms with Crippen LogP contribution in [0.2, 0.25) is 15.1 Å². The van der Waals surface area contributed by atoms with Gasteiger partial charge in [-0.1, -0.05) is 34.8 Å². The third kappa shape index (κ3) is 5.23. The number of ether oxygens (including phenoxy) is 1. The van der Waals surface area contributed by atoms with Gasteiger partial charge in [-0.25, -0.2) is 8.42 Å². The minimum atomic E-state index is -4.13. The number of nitrogens with one attached hydrogen (secondary N) is 1. The van der Waals surface area contributed by atoms with Crippen LogP contribution in [-0.2, 0) is 14.8 Å². The van der Waals surface area contributed by atoms with Crippen molar-refractivity contribution >= 4 is 56.4 Å². The van der Waals surface area contributed by atoms with E-state index in [2.05, 4.69) is 5.32 Å². The van der Waals surface area contributed by atoms with Crippen LogP contribution in [0, 0.1) is 0 Å². The molecule has 6 nitrogen and oxygen atoms in total. The Hall–Kier alpha value is -1.67. The molecular weight excluding hydrogens is 447 g/mol. The first-order chi connectivity index (χ1) is 13.1. The summed E-state index contributed by atoms with van der Waals surface area (Å²) in [6.07, 6.45) is -0.202. The average Bonchev–Trinajstić information content (AvgIpc) is 2.62. The number of carbonyl (C=O) groups excluding carboxylic acids is 1. The number of carbonyl (C=O) groups is 1. The fourth-order valence-corrected chi connectivity index (χ4v) is 4.43. The Labute approximate surface area is 179 Å². The van der Waals surface area contributed by atoms with Crippen LogP contribution in [0.4, 0.5) is 5.69 Å². The summed E-state index contributed by atoms with van der Waals surface area (Å²) in [5, 5.41) is 3.08. The maximum Gasteiger partial charge on any atom is 0.264 e. The standard InChI is InChI=1S/C18H19Cl3N2O4S/c1-11(2)27-17-9-16(14(20)8-15(17)21)23(10-18(24)22-3)28(25,26)13-6-4-12(19)5-7-13/h4-9,11H,10H2,1-3H3,(H,22,24). The molecule has 0 saturated carbocycles. The second kappa shape index (κ2) is 9.22. The molecule has 0 bridgehead atoms. The van der Waals surface area contributed by atoms with Gasteiger partial charge in [0.25, 0.3) is 10.0 Å². The maximum absolute atomic E-state index is 13.2. The Kier molecular flexibility index (Phi) is 7.45.